The van der Waals surface area contributed by atoms with Gasteiger partial charge >= 0.3 is 0 Å². The highest BCUT2D eigenvalue weighted by molar-refractivity contribution is 6.71. The molecule has 0 aliphatic heterocycles. The van der Waals surface area contributed by atoms with E-state index in [0.717, 1.165) is 0 Å². The molecule has 0 amide bonds. The van der Waals surface area contributed by atoms with Crippen LogP contribution >= 0.6 is 0 Å². The molecule has 1 rings (SSSR count). The Hall–Kier alpha value is -0.346. The van der Waals surface area contributed by atoms with Gasteiger partial charge in [0.2, 0.25) is 0 Å². The van der Waals surface area contributed by atoms with Crippen LogP contribution in [-0.4, -0.2) is 18.3 Å². The lowest BCUT2D eigenvalue weighted by molar-refractivity contribution is 1.14. The lowest BCUT2D eigenvalue weighted by atomic mass is 10.2. The van der Waals surface area contributed by atoms with E-state index in [9.17, 15) is 0 Å². The molecule has 0 fully saturated rings. The van der Waals surface area contributed by atoms with Crippen molar-refractivity contribution in [2.45, 2.75) is 32.1 Å². The van der Waals surface area contributed by atoms with Crippen molar-refractivity contribution in [3.05, 3.63) is 29.8 Å². The van der Waals surface area contributed by atoms with Crippen molar-refractivity contribution < 1.29 is 0 Å². The molecule has 0 aliphatic carbocycles. The number of hydrogen-bond donors (Lipinski definition) is 0. The molecule has 13 heavy (non-hydrogen) atoms. The van der Waals surface area contributed by atoms with Crippen molar-refractivity contribution in [2.75, 3.05) is 0 Å². The summed E-state index contributed by atoms with van der Waals surface area (Å²) < 4.78 is 0. The smallest absolute Gasteiger partial charge is 0.0650 e. The zero-order valence-electron chi connectivity index (χ0n) is 9.01. The molecule has 2 heteroatoms. The summed E-state index contributed by atoms with van der Waals surface area (Å²) in [6, 6.07) is 10.5. The highest BCUT2D eigenvalue weighted by Crippen LogP contribution is 2.02. The van der Waals surface area contributed by atoms with Gasteiger partial charge in [-0.2, -0.15) is 0 Å². The summed E-state index contributed by atoms with van der Waals surface area (Å²) >= 11 is 0. The van der Waals surface area contributed by atoms with E-state index in [4.69, 9.17) is 0 Å². The third-order valence-corrected chi connectivity index (χ3v) is 5.34. The van der Waals surface area contributed by atoms with Crippen LogP contribution in [0.5, 0.6) is 0 Å². The maximum Gasteiger partial charge on any atom is 0.0650 e. The zero-order chi connectivity index (χ0) is 9.68. The molecule has 72 valence electrons. The average Bonchev–Trinajstić information content (AvgIpc) is 2.15. The first kappa shape index (κ1) is 10.7. The van der Waals surface area contributed by atoms with Crippen LogP contribution in [0.2, 0.25) is 25.7 Å². The van der Waals surface area contributed by atoms with Gasteiger partial charge in [0, 0.05) is 9.52 Å². The molecule has 0 nitrogen and oxygen atoms in total. The van der Waals surface area contributed by atoms with E-state index in [0.29, 0.717) is 0 Å². The van der Waals surface area contributed by atoms with E-state index in [2.05, 4.69) is 43.9 Å². The Morgan fingerprint density at radius 3 is 2.54 bits per heavy atom. The fraction of sp³-hybridized carbons (Fsp3) is 0.455. The van der Waals surface area contributed by atoms with E-state index < -0.39 is 8.80 Å². The molecule has 0 spiro atoms. The molecule has 0 aromatic heterocycles. The number of aryl methyl sites for hydroxylation is 1. The zero-order valence-corrected chi connectivity index (χ0v) is 11.6. The van der Waals surface area contributed by atoms with Gasteiger partial charge in [0.05, 0.1) is 8.80 Å². The molecule has 0 unspecified atom stereocenters. The second-order valence-electron chi connectivity index (χ2n) is 3.96. The Balaban J connectivity index is 2.78. The van der Waals surface area contributed by atoms with Crippen molar-refractivity contribution in [2.24, 2.45) is 0 Å². The molecule has 1 aromatic carbocycles. The van der Waals surface area contributed by atoms with Crippen LogP contribution in [0.1, 0.15) is 5.56 Å². The number of benzene rings is 1. The minimum absolute atomic E-state index is 0.245. The van der Waals surface area contributed by atoms with E-state index in [1.165, 1.54) is 12.5 Å². The second kappa shape index (κ2) is 5.40. The van der Waals surface area contributed by atoms with E-state index in [1.54, 1.807) is 10.8 Å². The van der Waals surface area contributed by atoms with Crippen molar-refractivity contribution >= 4 is 23.5 Å². The Kier molecular flexibility index (Phi) is 4.46. The third-order valence-electron chi connectivity index (χ3n) is 2.48. The van der Waals surface area contributed by atoms with Gasteiger partial charge in [-0.3, -0.25) is 0 Å². The Labute approximate surface area is 85.8 Å². The number of rotatable bonds is 4. The molecule has 0 heterocycles. The van der Waals surface area contributed by atoms with Crippen LogP contribution < -0.4 is 5.19 Å². The predicted molar refractivity (Wildman–Crippen MR) is 67.9 cm³/mol. The lowest BCUT2D eigenvalue weighted by Gasteiger charge is -2.10. The molecule has 0 bridgehead atoms. The Morgan fingerprint density at radius 1 is 1.23 bits per heavy atom. The van der Waals surface area contributed by atoms with Crippen molar-refractivity contribution in [1.82, 2.24) is 0 Å². The van der Waals surface area contributed by atoms with Gasteiger partial charge in [0.25, 0.3) is 0 Å². The van der Waals surface area contributed by atoms with Crippen LogP contribution in [0.3, 0.4) is 0 Å². The van der Waals surface area contributed by atoms with Crippen LogP contribution in [0.4, 0.5) is 0 Å². The molecular formula is C11H20Si2. The van der Waals surface area contributed by atoms with Gasteiger partial charge in [-0.1, -0.05) is 55.1 Å². The second-order valence-corrected chi connectivity index (χ2v) is 8.60. The third kappa shape index (κ3) is 3.12. The van der Waals surface area contributed by atoms with Crippen molar-refractivity contribution in [3.63, 3.8) is 0 Å². The summed E-state index contributed by atoms with van der Waals surface area (Å²) in [4.78, 5) is 0. The lowest BCUT2D eigenvalue weighted by Crippen LogP contribution is -2.26. The molecule has 0 atom stereocenters. The quantitative estimate of drug-likeness (QED) is 0.659. The van der Waals surface area contributed by atoms with Crippen LogP contribution in [0.15, 0.2) is 24.3 Å². The van der Waals surface area contributed by atoms with Gasteiger partial charge in [0.1, 0.15) is 0 Å². The summed E-state index contributed by atoms with van der Waals surface area (Å²) in [6.45, 7) is 7.24. The summed E-state index contributed by atoms with van der Waals surface area (Å²) in [5.74, 6) is 0. The standard InChI is InChI=1S/C11H20Si2/c1-12-9-8-10-6-4-5-7-11(10)13(2)3/h4-7,13H,8-9,12H2,1-3H3. The highest BCUT2D eigenvalue weighted by Gasteiger charge is 2.05. The van der Waals surface area contributed by atoms with Crippen molar-refractivity contribution in [3.8, 4) is 0 Å². The summed E-state index contributed by atoms with van der Waals surface area (Å²) in [6.07, 6.45) is 1.34. The van der Waals surface area contributed by atoms with Crippen LogP contribution in [0, 0.1) is 0 Å². The predicted octanol–water partition coefficient (Wildman–Crippen LogP) is 1.56. The maximum absolute atomic E-state index is 2.42. The monoisotopic (exact) mass is 208 g/mol. The van der Waals surface area contributed by atoms with Crippen molar-refractivity contribution in [1.29, 1.82) is 0 Å². The Morgan fingerprint density at radius 2 is 1.92 bits per heavy atom. The average molecular weight is 208 g/mol. The minimum atomic E-state index is -0.595. The van der Waals surface area contributed by atoms with Gasteiger partial charge in [0.15, 0.2) is 0 Å². The summed E-state index contributed by atoms with van der Waals surface area (Å²) in [7, 11) is -0.350. The van der Waals surface area contributed by atoms with Gasteiger partial charge < -0.3 is 0 Å². The maximum atomic E-state index is 2.42. The summed E-state index contributed by atoms with van der Waals surface area (Å²) in [5, 5.41) is 1.69. The molecule has 1 aromatic rings. The van der Waals surface area contributed by atoms with E-state index >= 15 is 0 Å². The SMILES string of the molecule is C[SiH2]CCc1ccccc1[SiH](C)C. The highest BCUT2D eigenvalue weighted by atomic mass is 28.3. The molecular weight excluding hydrogens is 188 g/mol. The van der Waals surface area contributed by atoms with Crippen LogP contribution in [0.25, 0.3) is 0 Å². The fourth-order valence-corrected chi connectivity index (χ4v) is 3.90. The van der Waals surface area contributed by atoms with Gasteiger partial charge in [-0.05, 0) is 12.0 Å². The normalized spacial score (nSPS) is 11.7. The van der Waals surface area contributed by atoms with Crippen LogP contribution in [-0.2, 0) is 6.42 Å². The molecule has 0 N–H and O–H groups in total. The van der Waals surface area contributed by atoms with E-state index in [-0.39, 0.29) is 9.52 Å². The van der Waals surface area contributed by atoms with E-state index in [1.807, 2.05) is 0 Å². The summed E-state index contributed by atoms with van der Waals surface area (Å²) in [5.41, 5.74) is 1.64. The first-order chi connectivity index (χ1) is 6.25. The number of hydrogen-bond acceptors (Lipinski definition) is 0. The Bertz CT molecular complexity index is 256. The van der Waals surface area contributed by atoms with Gasteiger partial charge in [-0.15, -0.1) is 0 Å². The topological polar surface area (TPSA) is 0 Å². The molecule has 0 radical (unpaired) electrons. The minimum Gasteiger partial charge on any atom is -0.0748 e. The molecule has 0 aliphatic rings. The molecule has 0 saturated carbocycles. The first-order valence-electron chi connectivity index (χ1n) is 5.33. The fourth-order valence-electron chi connectivity index (χ4n) is 1.69. The molecule has 0 saturated heterocycles. The largest absolute Gasteiger partial charge is 0.0748 e. The first-order valence-corrected chi connectivity index (χ1v) is 10.6. The van der Waals surface area contributed by atoms with Gasteiger partial charge in [-0.25, -0.2) is 0 Å².